The molecule has 2 rings (SSSR count). The van der Waals surface area contributed by atoms with Gasteiger partial charge in [0.05, 0.1) is 0 Å². The molecule has 1 aromatic carbocycles. The Morgan fingerprint density at radius 2 is 2.00 bits per heavy atom. The van der Waals surface area contributed by atoms with E-state index in [1.165, 1.54) is 35.6 Å². The Bertz CT molecular complexity index is 628. The molecule has 21 heavy (non-hydrogen) atoms. The summed E-state index contributed by atoms with van der Waals surface area (Å²) < 4.78 is 13.6. The fourth-order valence-electron chi connectivity index (χ4n) is 1.91. The van der Waals surface area contributed by atoms with Crippen LogP contribution in [-0.2, 0) is 16.0 Å². The molecule has 4 nitrogen and oxygen atoms in total. The number of rotatable bonds is 6. The summed E-state index contributed by atoms with van der Waals surface area (Å²) in [5, 5.41) is 13.4. The van der Waals surface area contributed by atoms with E-state index >= 15 is 0 Å². The Morgan fingerprint density at radius 1 is 1.24 bits per heavy atom. The molecule has 2 aromatic rings. The van der Waals surface area contributed by atoms with E-state index in [2.05, 4.69) is 5.32 Å². The number of aryl methyl sites for hydroxylation is 1. The van der Waals surface area contributed by atoms with E-state index in [4.69, 9.17) is 0 Å². The second-order valence-corrected chi connectivity index (χ2v) is 5.47. The SMILES string of the molecule is O=C(CCc1cccs1)NC(C(=O)O)c1ccccc1F. The maximum atomic E-state index is 13.6. The van der Waals surface area contributed by atoms with Crippen LogP contribution in [0.5, 0.6) is 0 Å². The Balaban J connectivity index is 2.01. The van der Waals surface area contributed by atoms with Crippen LogP contribution in [0.3, 0.4) is 0 Å². The number of benzene rings is 1. The molecule has 1 amide bonds. The highest BCUT2D eigenvalue weighted by Gasteiger charge is 2.24. The van der Waals surface area contributed by atoms with E-state index in [9.17, 15) is 19.1 Å². The van der Waals surface area contributed by atoms with Crippen LogP contribution in [0.2, 0.25) is 0 Å². The quantitative estimate of drug-likeness (QED) is 0.862. The molecule has 2 N–H and O–H groups in total. The van der Waals surface area contributed by atoms with Gasteiger partial charge in [0.25, 0.3) is 0 Å². The van der Waals surface area contributed by atoms with Gasteiger partial charge in [0, 0.05) is 16.9 Å². The minimum atomic E-state index is -1.37. The van der Waals surface area contributed by atoms with E-state index in [0.29, 0.717) is 6.42 Å². The average Bonchev–Trinajstić information content (AvgIpc) is 2.96. The van der Waals surface area contributed by atoms with Gasteiger partial charge in [-0.1, -0.05) is 24.3 Å². The molecular weight excluding hydrogens is 293 g/mol. The van der Waals surface area contributed by atoms with Gasteiger partial charge >= 0.3 is 5.97 Å². The molecule has 0 aliphatic carbocycles. The molecule has 0 fully saturated rings. The molecular formula is C15H14FNO3S. The zero-order chi connectivity index (χ0) is 15.2. The maximum Gasteiger partial charge on any atom is 0.331 e. The monoisotopic (exact) mass is 307 g/mol. The molecule has 1 heterocycles. The van der Waals surface area contributed by atoms with Crippen LogP contribution in [0.15, 0.2) is 41.8 Å². The molecule has 1 atom stereocenters. The second-order valence-electron chi connectivity index (χ2n) is 4.44. The highest BCUT2D eigenvalue weighted by Crippen LogP contribution is 2.18. The normalized spacial score (nSPS) is 11.9. The molecule has 110 valence electrons. The number of hydrogen-bond acceptors (Lipinski definition) is 3. The molecule has 0 saturated carbocycles. The van der Waals surface area contributed by atoms with Gasteiger partial charge in [-0.15, -0.1) is 11.3 Å². The van der Waals surface area contributed by atoms with Crippen LogP contribution >= 0.6 is 11.3 Å². The molecule has 0 aliphatic rings. The van der Waals surface area contributed by atoms with Crippen molar-refractivity contribution in [2.45, 2.75) is 18.9 Å². The first-order chi connectivity index (χ1) is 10.1. The van der Waals surface area contributed by atoms with Gasteiger partial charge in [-0.3, -0.25) is 4.79 Å². The smallest absolute Gasteiger partial charge is 0.331 e. The van der Waals surface area contributed by atoms with E-state index in [0.717, 1.165) is 4.88 Å². The van der Waals surface area contributed by atoms with Crippen LogP contribution in [0, 0.1) is 5.82 Å². The lowest BCUT2D eigenvalue weighted by Gasteiger charge is -2.15. The van der Waals surface area contributed by atoms with E-state index in [1.54, 1.807) is 0 Å². The number of carboxylic acid groups (broad SMARTS) is 1. The zero-order valence-corrected chi connectivity index (χ0v) is 11.9. The van der Waals surface area contributed by atoms with Crippen molar-refractivity contribution >= 4 is 23.2 Å². The minimum absolute atomic E-state index is 0.0468. The van der Waals surface area contributed by atoms with Crippen LogP contribution in [0.1, 0.15) is 22.9 Å². The van der Waals surface area contributed by atoms with Crippen molar-refractivity contribution in [1.29, 1.82) is 0 Å². The predicted molar refractivity (Wildman–Crippen MR) is 77.6 cm³/mol. The molecule has 0 radical (unpaired) electrons. The van der Waals surface area contributed by atoms with E-state index in [-0.39, 0.29) is 12.0 Å². The van der Waals surface area contributed by atoms with Gasteiger partial charge in [-0.05, 0) is 23.9 Å². The molecule has 0 saturated heterocycles. The van der Waals surface area contributed by atoms with Gasteiger partial charge in [0.2, 0.25) is 5.91 Å². The Hall–Kier alpha value is -2.21. The lowest BCUT2D eigenvalue weighted by molar-refractivity contribution is -0.142. The average molecular weight is 307 g/mol. The number of hydrogen-bond donors (Lipinski definition) is 2. The van der Waals surface area contributed by atoms with Gasteiger partial charge < -0.3 is 10.4 Å². The van der Waals surface area contributed by atoms with E-state index in [1.807, 2.05) is 17.5 Å². The summed E-state index contributed by atoms with van der Waals surface area (Å²) in [6.07, 6.45) is 0.700. The van der Waals surface area contributed by atoms with Crippen molar-refractivity contribution < 1.29 is 19.1 Å². The van der Waals surface area contributed by atoms with Gasteiger partial charge in [-0.25, -0.2) is 9.18 Å². The highest BCUT2D eigenvalue weighted by molar-refractivity contribution is 7.09. The summed E-state index contributed by atoms with van der Waals surface area (Å²) in [7, 11) is 0. The second kappa shape index (κ2) is 6.99. The third-order valence-electron chi connectivity index (χ3n) is 2.95. The number of amides is 1. The number of halogens is 1. The zero-order valence-electron chi connectivity index (χ0n) is 11.1. The Morgan fingerprint density at radius 3 is 2.62 bits per heavy atom. The molecule has 1 aromatic heterocycles. The molecule has 6 heteroatoms. The topological polar surface area (TPSA) is 66.4 Å². The summed E-state index contributed by atoms with van der Waals surface area (Å²) in [6, 6.07) is 7.95. The molecule has 0 bridgehead atoms. The summed E-state index contributed by atoms with van der Waals surface area (Å²) >= 11 is 1.53. The largest absolute Gasteiger partial charge is 0.479 e. The first kappa shape index (κ1) is 15.2. The van der Waals surface area contributed by atoms with Gasteiger partial charge in [0.15, 0.2) is 6.04 Å². The maximum absolute atomic E-state index is 13.6. The number of nitrogens with one attached hydrogen (secondary N) is 1. The fourth-order valence-corrected chi connectivity index (χ4v) is 2.62. The van der Waals surface area contributed by atoms with Crippen LogP contribution in [0.4, 0.5) is 4.39 Å². The van der Waals surface area contributed by atoms with Crippen molar-refractivity contribution in [3.8, 4) is 0 Å². The van der Waals surface area contributed by atoms with Gasteiger partial charge in [0.1, 0.15) is 5.82 Å². The number of thiophene rings is 1. The van der Waals surface area contributed by atoms with Gasteiger partial charge in [-0.2, -0.15) is 0 Å². The Labute approximate surface area is 125 Å². The predicted octanol–water partition coefficient (Wildman–Crippen LogP) is 2.76. The standard InChI is InChI=1S/C15H14FNO3S/c16-12-6-2-1-5-11(12)14(15(19)20)17-13(18)8-7-10-4-3-9-21-10/h1-6,9,14H,7-8H2,(H,17,18)(H,19,20). The first-order valence-corrected chi connectivity index (χ1v) is 7.25. The highest BCUT2D eigenvalue weighted by atomic mass is 32.1. The third-order valence-corrected chi connectivity index (χ3v) is 3.88. The van der Waals surface area contributed by atoms with Crippen molar-refractivity contribution in [3.05, 3.63) is 58.0 Å². The molecule has 1 unspecified atom stereocenters. The fraction of sp³-hybridized carbons (Fsp3) is 0.200. The van der Waals surface area contributed by atoms with Crippen molar-refractivity contribution in [2.75, 3.05) is 0 Å². The summed E-state index contributed by atoms with van der Waals surface area (Å²) in [4.78, 5) is 24.1. The number of aliphatic carboxylic acids is 1. The minimum Gasteiger partial charge on any atom is -0.479 e. The lowest BCUT2D eigenvalue weighted by atomic mass is 10.1. The number of carbonyl (C=O) groups is 2. The lowest BCUT2D eigenvalue weighted by Crippen LogP contribution is -2.34. The third kappa shape index (κ3) is 4.13. The summed E-state index contributed by atoms with van der Waals surface area (Å²) in [5.41, 5.74) is -0.0468. The number of carboxylic acids is 1. The van der Waals surface area contributed by atoms with Crippen molar-refractivity contribution in [3.63, 3.8) is 0 Å². The van der Waals surface area contributed by atoms with Crippen LogP contribution in [0.25, 0.3) is 0 Å². The first-order valence-electron chi connectivity index (χ1n) is 6.37. The molecule has 0 aliphatic heterocycles. The van der Waals surface area contributed by atoms with Crippen LogP contribution < -0.4 is 5.32 Å². The summed E-state index contributed by atoms with van der Waals surface area (Å²) in [6.45, 7) is 0. The Kier molecular flexibility index (Phi) is 5.05. The van der Waals surface area contributed by atoms with Crippen molar-refractivity contribution in [2.24, 2.45) is 0 Å². The number of carbonyl (C=O) groups excluding carboxylic acids is 1. The van der Waals surface area contributed by atoms with E-state index < -0.39 is 23.7 Å². The van der Waals surface area contributed by atoms with Crippen molar-refractivity contribution in [1.82, 2.24) is 5.32 Å². The summed E-state index contributed by atoms with van der Waals surface area (Å²) in [5.74, 6) is -2.35. The van der Waals surface area contributed by atoms with Crippen LogP contribution in [-0.4, -0.2) is 17.0 Å². The molecule has 0 spiro atoms.